The molecule has 0 spiro atoms. The third-order valence-corrected chi connectivity index (χ3v) is 1.97. The summed E-state index contributed by atoms with van der Waals surface area (Å²) < 4.78 is 0. The summed E-state index contributed by atoms with van der Waals surface area (Å²) in [5.74, 6) is 4.59. The molecule has 0 bridgehead atoms. The van der Waals surface area contributed by atoms with Crippen LogP contribution >= 0.6 is 0 Å². The van der Waals surface area contributed by atoms with E-state index < -0.39 is 12.0 Å². The normalized spacial score (nSPS) is 23.8. The van der Waals surface area contributed by atoms with Crippen molar-refractivity contribution < 1.29 is 9.90 Å². The fraction of sp³-hybridized carbons (Fsp3) is 0.143. The van der Waals surface area contributed by atoms with E-state index >= 15 is 0 Å². The number of hydrogen-bond donors (Lipinski definition) is 3. The third-order valence-electron chi connectivity index (χ3n) is 1.97. The van der Waals surface area contributed by atoms with E-state index in [9.17, 15) is 4.79 Å². The van der Waals surface area contributed by atoms with E-state index in [4.69, 9.17) is 10.9 Å². The molecule has 2 rings (SSSR count). The van der Waals surface area contributed by atoms with Gasteiger partial charge in [-0.15, -0.1) is 5.11 Å². The summed E-state index contributed by atoms with van der Waals surface area (Å²) in [7, 11) is 0. The van der Waals surface area contributed by atoms with E-state index in [1.165, 1.54) is 12.4 Å². The summed E-state index contributed by atoms with van der Waals surface area (Å²) in [4.78, 5) is 14.6. The van der Waals surface area contributed by atoms with Crippen molar-refractivity contribution in [2.45, 2.75) is 6.04 Å². The summed E-state index contributed by atoms with van der Waals surface area (Å²) in [5.41, 5.74) is 3.04. The fourth-order valence-electron chi connectivity index (χ4n) is 1.30. The highest BCUT2D eigenvalue weighted by molar-refractivity contribution is 6.06. The summed E-state index contributed by atoms with van der Waals surface area (Å²) >= 11 is 0. The summed E-state index contributed by atoms with van der Waals surface area (Å²) in [6.45, 7) is 0. The molecule has 0 amide bonds. The molecule has 0 aromatic heterocycles. The number of aliphatic imine (C=N–C) groups is 1. The molecule has 7 heteroatoms. The molecule has 2 aliphatic rings. The van der Waals surface area contributed by atoms with Crippen LogP contribution in [0.25, 0.3) is 0 Å². The maximum absolute atomic E-state index is 10.8. The second kappa shape index (κ2) is 3.13. The van der Waals surface area contributed by atoms with Crippen LogP contribution in [0.2, 0.25) is 0 Å². The van der Waals surface area contributed by atoms with E-state index in [-0.39, 0.29) is 5.57 Å². The van der Waals surface area contributed by atoms with Gasteiger partial charge in [0.05, 0.1) is 17.8 Å². The minimum atomic E-state index is -1.07. The second-order valence-electron chi connectivity index (χ2n) is 2.74. The van der Waals surface area contributed by atoms with Crippen LogP contribution < -0.4 is 11.3 Å². The van der Waals surface area contributed by atoms with Crippen LogP contribution in [0.4, 0.5) is 0 Å². The van der Waals surface area contributed by atoms with Gasteiger partial charge < -0.3 is 5.11 Å². The number of carboxylic acids is 1. The van der Waals surface area contributed by atoms with Gasteiger partial charge in [0.2, 0.25) is 0 Å². The number of nitrogens with one attached hydrogen (secondary N) is 1. The molecule has 4 N–H and O–H groups in total. The number of azo groups is 1. The van der Waals surface area contributed by atoms with Crippen molar-refractivity contribution in [3.8, 4) is 0 Å². The van der Waals surface area contributed by atoms with E-state index in [1.807, 2.05) is 0 Å². The van der Waals surface area contributed by atoms with E-state index in [0.29, 0.717) is 11.4 Å². The van der Waals surface area contributed by atoms with Gasteiger partial charge in [-0.25, -0.2) is 15.2 Å². The molecule has 2 aliphatic heterocycles. The standard InChI is InChI=1S/C7H7N5O2/c8-11-5-3-2-10-12-6(3)9-1-4(5)7(13)14/h1-2,5,11H,8H2,(H,13,14). The van der Waals surface area contributed by atoms with Crippen LogP contribution in [0, 0.1) is 0 Å². The first-order valence-electron chi connectivity index (χ1n) is 3.82. The topological polar surface area (TPSA) is 112 Å². The third kappa shape index (κ3) is 1.15. The first-order valence-corrected chi connectivity index (χ1v) is 3.82. The van der Waals surface area contributed by atoms with Gasteiger partial charge in [0.25, 0.3) is 0 Å². The molecule has 0 aromatic carbocycles. The zero-order valence-electron chi connectivity index (χ0n) is 7.01. The molecule has 0 saturated carbocycles. The van der Waals surface area contributed by atoms with Crippen LogP contribution in [0.3, 0.4) is 0 Å². The molecule has 0 radical (unpaired) electrons. The Morgan fingerprint density at radius 3 is 3.00 bits per heavy atom. The number of rotatable bonds is 2. The number of carboxylic acid groups (broad SMARTS) is 1. The predicted molar refractivity (Wildman–Crippen MR) is 47.2 cm³/mol. The maximum atomic E-state index is 10.8. The summed E-state index contributed by atoms with van der Waals surface area (Å²) in [6.07, 6.45) is 2.67. The number of carbonyl (C=O) groups is 1. The summed E-state index contributed by atoms with van der Waals surface area (Å²) in [6, 6.07) is -0.602. The number of aliphatic carboxylic acids is 1. The molecule has 0 aliphatic carbocycles. The number of hydrazine groups is 1. The first-order chi connectivity index (χ1) is 6.74. The van der Waals surface area contributed by atoms with Crippen molar-refractivity contribution in [2.75, 3.05) is 0 Å². The SMILES string of the molecule is NNC1C(C(=O)O)=CN=C2N=NC=C21. The van der Waals surface area contributed by atoms with E-state index in [0.717, 1.165) is 0 Å². The van der Waals surface area contributed by atoms with Gasteiger partial charge in [-0.1, -0.05) is 0 Å². The van der Waals surface area contributed by atoms with Gasteiger partial charge in [0, 0.05) is 11.8 Å². The van der Waals surface area contributed by atoms with Crippen LogP contribution in [0.15, 0.2) is 38.8 Å². The Kier molecular flexibility index (Phi) is 1.95. The molecular weight excluding hydrogens is 186 g/mol. The number of nitrogens with two attached hydrogens (primary N) is 1. The van der Waals surface area contributed by atoms with Crippen molar-refractivity contribution in [1.82, 2.24) is 5.43 Å². The lowest BCUT2D eigenvalue weighted by Gasteiger charge is -2.19. The molecule has 1 unspecified atom stereocenters. The van der Waals surface area contributed by atoms with Gasteiger partial charge >= 0.3 is 5.97 Å². The minimum absolute atomic E-state index is 0.0785. The van der Waals surface area contributed by atoms with Crippen molar-refractivity contribution >= 4 is 11.8 Å². The van der Waals surface area contributed by atoms with Gasteiger partial charge in [-0.3, -0.25) is 5.84 Å². The highest BCUT2D eigenvalue weighted by Gasteiger charge is 2.31. The number of hydrogen-bond acceptors (Lipinski definition) is 6. The monoisotopic (exact) mass is 193 g/mol. The van der Waals surface area contributed by atoms with Gasteiger partial charge in [-0.2, -0.15) is 5.11 Å². The zero-order chi connectivity index (χ0) is 10.1. The van der Waals surface area contributed by atoms with Gasteiger partial charge in [0.15, 0.2) is 5.84 Å². The minimum Gasteiger partial charge on any atom is -0.478 e. The van der Waals surface area contributed by atoms with E-state index in [2.05, 4.69) is 20.6 Å². The fourth-order valence-corrected chi connectivity index (χ4v) is 1.30. The quantitative estimate of drug-likeness (QED) is 0.407. The second-order valence-corrected chi connectivity index (χ2v) is 2.74. The Morgan fingerprint density at radius 1 is 1.57 bits per heavy atom. The maximum Gasteiger partial charge on any atom is 0.335 e. The lowest BCUT2D eigenvalue weighted by atomic mass is 9.98. The molecule has 2 heterocycles. The largest absolute Gasteiger partial charge is 0.478 e. The highest BCUT2D eigenvalue weighted by atomic mass is 16.4. The molecule has 0 saturated heterocycles. The predicted octanol–water partition coefficient (Wildman–Crippen LogP) is -0.451. The van der Waals surface area contributed by atoms with Gasteiger partial charge in [-0.05, 0) is 0 Å². The van der Waals surface area contributed by atoms with Crippen LogP contribution in [0.1, 0.15) is 0 Å². The Labute approximate surface area is 78.7 Å². The van der Waals surface area contributed by atoms with Crippen molar-refractivity contribution in [3.63, 3.8) is 0 Å². The molecule has 0 fully saturated rings. The van der Waals surface area contributed by atoms with Crippen molar-refractivity contribution in [1.29, 1.82) is 0 Å². The van der Waals surface area contributed by atoms with Crippen molar-refractivity contribution in [3.05, 3.63) is 23.5 Å². The number of nitrogens with zero attached hydrogens (tertiary/aromatic N) is 3. The molecule has 72 valence electrons. The number of amidine groups is 1. The van der Waals surface area contributed by atoms with Crippen LogP contribution in [-0.2, 0) is 4.79 Å². The van der Waals surface area contributed by atoms with E-state index in [1.54, 1.807) is 0 Å². The molecule has 14 heavy (non-hydrogen) atoms. The zero-order valence-corrected chi connectivity index (χ0v) is 7.01. The van der Waals surface area contributed by atoms with Gasteiger partial charge in [0.1, 0.15) is 0 Å². The smallest absolute Gasteiger partial charge is 0.335 e. The highest BCUT2D eigenvalue weighted by Crippen LogP contribution is 2.23. The van der Waals surface area contributed by atoms with Crippen LogP contribution in [-0.4, -0.2) is 23.0 Å². The Bertz CT molecular complexity index is 406. The Morgan fingerprint density at radius 2 is 2.36 bits per heavy atom. The summed E-state index contributed by atoms with van der Waals surface area (Å²) in [5, 5.41) is 16.2. The molecule has 7 nitrogen and oxygen atoms in total. The first kappa shape index (κ1) is 8.73. The number of fused-ring (bicyclic) bond motifs is 1. The van der Waals surface area contributed by atoms with Crippen molar-refractivity contribution in [2.24, 2.45) is 21.1 Å². The lowest BCUT2D eigenvalue weighted by molar-refractivity contribution is -0.132. The molecular formula is C7H7N5O2. The lowest BCUT2D eigenvalue weighted by Crippen LogP contribution is -2.42. The molecule has 0 aromatic rings. The van der Waals surface area contributed by atoms with Crippen LogP contribution in [0.5, 0.6) is 0 Å². The Balaban J connectivity index is 2.42. The average molecular weight is 193 g/mol. The Hall–Kier alpha value is -1.86. The molecule has 1 atom stereocenters. The average Bonchev–Trinajstić information content (AvgIpc) is 2.63.